The topological polar surface area (TPSA) is 35.5 Å². The Morgan fingerprint density at radius 3 is 2.23 bits per heavy atom. The third kappa shape index (κ3) is 3.25. The Morgan fingerprint density at radius 2 is 1.59 bits per heavy atom. The fraction of sp³-hybridized carbons (Fsp3) is 0.765. The minimum atomic E-state index is 0.594. The van der Waals surface area contributed by atoms with Gasteiger partial charge in [0.05, 0.1) is 5.69 Å². The first-order valence-electron chi connectivity index (χ1n) is 8.62. The van der Waals surface area contributed by atoms with E-state index in [4.69, 9.17) is 4.98 Å². The van der Waals surface area contributed by atoms with Crippen LogP contribution in [0.2, 0.25) is 0 Å². The smallest absolute Gasteiger partial charge is 0.225 e. The van der Waals surface area contributed by atoms with Crippen molar-refractivity contribution >= 4 is 5.95 Å². The van der Waals surface area contributed by atoms with E-state index in [1.807, 2.05) is 0 Å². The summed E-state index contributed by atoms with van der Waals surface area (Å²) >= 11 is 0. The molecule has 0 aliphatic carbocycles. The molecule has 0 radical (unpaired) electrons. The van der Waals surface area contributed by atoms with Crippen molar-refractivity contribution < 1.29 is 0 Å². The first-order chi connectivity index (χ1) is 10.5. The molecule has 2 aliphatic heterocycles. The maximum Gasteiger partial charge on any atom is 0.225 e. The lowest BCUT2D eigenvalue weighted by Crippen LogP contribution is -2.49. The number of fused-ring (bicyclic) bond motifs is 1. The summed E-state index contributed by atoms with van der Waals surface area (Å²) in [5, 5.41) is 0. The fourth-order valence-corrected chi connectivity index (χ4v) is 3.36. The van der Waals surface area contributed by atoms with Crippen LogP contribution in [-0.4, -0.2) is 64.6 Å². The van der Waals surface area contributed by atoms with Gasteiger partial charge in [0.15, 0.2) is 0 Å². The lowest BCUT2D eigenvalue weighted by Gasteiger charge is -2.37. The highest BCUT2D eigenvalue weighted by molar-refractivity contribution is 5.35. The summed E-state index contributed by atoms with van der Waals surface area (Å²) < 4.78 is 0. The van der Waals surface area contributed by atoms with Crippen molar-refractivity contribution in [3.63, 3.8) is 0 Å². The van der Waals surface area contributed by atoms with Gasteiger partial charge in [0, 0.05) is 69.5 Å². The molecule has 5 nitrogen and oxygen atoms in total. The van der Waals surface area contributed by atoms with Gasteiger partial charge in [-0.25, -0.2) is 9.97 Å². The minimum Gasteiger partial charge on any atom is -0.338 e. The second kappa shape index (κ2) is 6.50. The van der Waals surface area contributed by atoms with Crippen molar-refractivity contribution in [3.8, 4) is 0 Å². The average Bonchev–Trinajstić information content (AvgIpc) is 2.54. The molecule has 1 fully saturated rings. The summed E-state index contributed by atoms with van der Waals surface area (Å²) in [4.78, 5) is 16.9. The highest BCUT2D eigenvalue weighted by Crippen LogP contribution is 2.21. The molecule has 3 heterocycles. The summed E-state index contributed by atoms with van der Waals surface area (Å²) in [6.45, 7) is 15.5. The summed E-state index contributed by atoms with van der Waals surface area (Å²) in [5.74, 6) is 0.931. The van der Waals surface area contributed by atoms with Crippen LogP contribution in [0, 0.1) is 0 Å². The minimum absolute atomic E-state index is 0.594. The third-order valence-electron chi connectivity index (χ3n) is 5.01. The Hall–Kier alpha value is -1.20. The van der Waals surface area contributed by atoms with Gasteiger partial charge in [0.2, 0.25) is 5.95 Å². The molecule has 0 N–H and O–H groups in total. The van der Waals surface area contributed by atoms with Crippen LogP contribution in [0.3, 0.4) is 0 Å². The molecule has 0 atom stereocenters. The quantitative estimate of drug-likeness (QED) is 0.850. The zero-order chi connectivity index (χ0) is 15.7. The van der Waals surface area contributed by atoms with Gasteiger partial charge in [-0.3, -0.25) is 9.80 Å². The van der Waals surface area contributed by atoms with Gasteiger partial charge in [-0.15, -0.1) is 0 Å². The summed E-state index contributed by atoms with van der Waals surface area (Å²) in [6, 6.07) is 1.23. The van der Waals surface area contributed by atoms with Gasteiger partial charge in [-0.05, 0) is 27.7 Å². The summed E-state index contributed by atoms with van der Waals surface area (Å²) in [6.07, 6.45) is 3.11. The number of piperazine rings is 1. The molecule has 1 aromatic rings. The molecule has 1 aromatic heterocycles. The lowest BCUT2D eigenvalue weighted by atomic mass is 10.1. The normalized spacial score (nSPS) is 20.7. The summed E-state index contributed by atoms with van der Waals surface area (Å²) in [5.41, 5.74) is 2.57. The van der Waals surface area contributed by atoms with Gasteiger partial charge in [-0.2, -0.15) is 0 Å². The van der Waals surface area contributed by atoms with E-state index in [1.54, 1.807) is 0 Å². The van der Waals surface area contributed by atoms with Crippen molar-refractivity contribution in [1.29, 1.82) is 0 Å². The Bertz CT molecular complexity index is 506. The maximum absolute atomic E-state index is 4.87. The molecule has 1 saturated heterocycles. The lowest BCUT2D eigenvalue weighted by molar-refractivity contribution is 0.200. The van der Waals surface area contributed by atoms with Gasteiger partial charge in [0.1, 0.15) is 0 Å². The second-order valence-corrected chi connectivity index (χ2v) is 7.07. The molecule has 122 valence electrons. The van der Waals surface area contributed by atoms with Crippen LogP contribution < -0.4 is 4.90 Å². The molecule has 2 aliphatic rings. The Labute approximate surface area is 134 Å². The second-order valence-electron chi connectivity index (χ2n) is 7.07. The van der Waals surface area contributed by atoms with Crippen LogP contribution in [0.15, 0.2) is 6.20 Å². The van der Waals surface area contributed by atoms with Crippen LogP contribution in [0.5, 0.6) is 0 Å². The molecule has 0 saturated carbocycles. The third-order valence-corrected chi connectivity index (χ3v) is 5.01. The van der Waals surface area contributed by atoms with Crippen LogP contribution in [0.25, 0.3) is 0 Å². The van der Waals surface area contributed by atoms with E-state index >= 15 is 0 Å². The average molecular weight is 303 g/mol. The number of hydrogen-bond acceptors (Lipinski definition) is 5. The van der Waals surface area contributed by atoms with Gasteiger partial charge in [-0.1, -0.05) is 0 Å². The molecule has 22 heavy (non-hydrogen) atoms. The molecular weight excluding hydrogens is 274 g/mol. The number of rotatable bonds is 3. The van der Waals surface area contributed by atoms with E-state index in [1.165, 1.54) is 11.3 Å². The molecular formula is C17H29N5. The van der Waals surface area contributed by atoms with E-state index in [2.05, 4.69) is 53.6 Å². The standard InChI is InChI=1S/C17H29N5/c1-13(2)20-7-9-21(10-8-20)17-18-11-15-12-22(14(3)4)6-5-16(15)19-17/h11,13-14H,5-10,12H2,1-4H3. The van der Waals surface area contributed by atoms with Crippen LogP contribution in [-0.2, 0) is 13.0 Å². The number of aromatic nitrogens is 2. The van der Waals surface area contributed by atoms with Gasteiger partial charge in [0.25, 0.3) is 0 Å². The predicted octanol–water partition coefficient (Wildman–Crippen LogP) is 1.77. The molecule has 0 unspecified atom stereocenters. The Morgan fingerprint density at radius 1 is 0.909 bits per heavy atom. The molecule has 5 heteroatoms. The van der Waals surface area contributed by atoms with Crippen LogP contribution >= 0.6 is 0 Å². The van der Waals surface area contributed by atoms with Gasteiger partial charge >= 0.3 is 0 Å². The van der Waals surface area contributed by atoms with Crippen molar-refractivity contribution in [3.05, 3.63) is 17.5 Å². The molecule has 0 spiro atoms. The first-order valence-corrected chi connectivity index (χ1v) is 8.62. The largest absolute Gasteiger partial charge is 0.338 e. The molecule has 3 rings (SSSR count). The number of hydrogen-bond donors (Lipinski definition) is 0. The fourth-order valence-electron chi connectivity index (χ4n) is 3.36. The maximum atomic E-state index is 4.87. The van der Waals surface area contributed by atoms with Crippen molar-refractivity contribution in [2.45, 2.75) is 52.7 Å². The Kier molecular flexibility index (Phi) is 4.64. The monoisotopic (exact) mass is 303 g/mol. The van der Waals surface area contributed by atoms with E-state index in [9.17, 15) is 0 Å². The zero-order valence-electron chi connectivity index (χ0n) is 14.4. The highest BCUT2D eigenvalue weighted by atomic mass is 15.3. The highest BCUT2D eigenvalue weighted by Gasteiger charge is 2.24. The van der Waals surface area contributed by atoms with Crippen LogP contribution in [0.1, 0.15) is 39.0 Å². The predicted molar refractivity (Wildman–Crippen MR) is 90.2 cm³/mol. The Balaban J connectivity index is 1.68. The van der Waals surface area contributed by atoms with Crippen molar-refractivity contribution in [1.82, 2.24) is 19.8 Å². The summed E-state index contributed by atoms with van der Waals surface area (Å²) in [7, 11) is 0. The number of anilines is 1. The van der Waals surface area contributed by atoms with Gasteiger partial charge < -0.3 is 4.90 Å². The van der Waals surface area contributed by atoms with E-state index in [0.717, 1.165) is 51.6 Å². The van der Waals surface area contributed by atoms with Crippen LogP contribution in [0.4, 0.5) is 5.95 Å². The molecule has 0 amide bonds. The van der Waals surface area contributed by atoms with E-state index in [0.29, 0.717) is 12.1 Å². The van der Waals surface area contributed by atoms with Crippen molar-refractivity contribution in [2.24, 2.45) is 0 Å². The molecule has 0 aromatic carbocycles. The number of nitrogens with zero attached hydrogens (tertiary/aromatic N) is 5. The first kappa shape index (κ1) is 15.7. The zero-order valence-corrected chi connectivity index (χ0v) is 14.4. The SMILES string of the molecule is CC(C)N1CCN(c2ncc3c(n2)CCN(C(C)C)C3)CC1. The van der Waals surface area contributed by atoms with E-state index in [-0.39, 0.29) is 0 Å². The van der Waals surface area contributed by atoms with Crippen molar-refractivity contribution in [2.75, 3.05) is 37.6 Å². The van der Waals surface area contributed by atoms with E-state index < -0.39 is 0 Å². The molecule has 0 bridgehead atoms.